The van der Waals surface area contributed by atoms with E-state index in [1.807, 2.05) is 84.5 Å². The molecular weight excluding hydrogens is 616 g/mol. The number of piperazine rings is 1. The third kappa shape index (κ3) is 7.49. The molecule has 3 aromatic carbocycles. The van der Waals surface area contributed by atoms with Crippen molar-refractivity contribution in [2.45, 2.75) is 39.0 Å². The Morgan fingerprint density at radius 2 is 1.55 bits per heavy atom. The van der Waals surface area contributed by atoms with Gasteiger partial charge in [0.05, 0.1) is 11.1 Å². The third-order valence-corrected chi connectivity index (χ3v) is 9.88. The van der Waals surface area contributed by atoms with Gasteiger partial charge in [0.2, 0.25) is 11.8 Å². The van der Waals surface area contributed by atoms with E-state index < -0.39 is 6.09 Å². The summed E-state index contributed by atoms with van der Waals surface area (Å²) in [5.74, 6) is 1.53. The van der Waals surface area contributed by atoms with E-state index in [-0.39, 0.29) is 0 Å². The zero-order valence-electron chi connectivity index (χ0n) is 28.2. The lowest BCUT2D eigenvalue weighted by Gasteiger charge is -2.43. The molecule has 254 valence electrons. The molecule has 0 bridgehead atoms. The zero-order valence-corrected chi connectivity index (χ0v) is 28.2. The lowest BCUT2D eigenvalue weighted by molar-refractivity contribution is 0.101. The van der Waals surface area contributed by atoms with Crippen molar-refractivity contribution in [2.24, 2.45) is 13.0 Å². The number of amides is 1. The van der Waals surface area contributed by atoms with Gasteiger partial charge in [-0.25, -0.2) is 4.79 Å². The zero-order chi connectivity index (χ0) is 33.7. The number of pyridine rings is 1. The second-order valence-electron chi connectivity index (χ2n) is 13.2. The average molecular weight is 661 g/mol. The van der Waals surface area contributed by atoms with Gasteiger partial charge in [-0.15, -0.1) is 0 Å². The Kier molecular flexibility index (Phi) is 9.65. The molecule has 0 radical (unpaired) electrons. The number of piperidine rings is 1. The van der Waals surface area contributed by atoms with E-state index in [2.05, 4.69) is 34.9 Å². The summed E-state index contributed by atoms with van der Waals surface area (Å²) in [5.41, 5.74) is 6.00. The average Bonchev–Trinajstić information content (AvgIpc) is 3.46. The van der Waals surface area contributed by atoms with Crippen molar-refractivity contribution in [3.63, 3.8) is 0 Å². The minimum absolute atomic E-state index is 0.379. The van der Waals surface area contributed by atoms with E-state index in [0.717, 1.165) is 72.3 Å². The molecule has 5 aromatic rings. The molecule has 10 nitrogen and oxygen atoms in total. The maximum atomic E-state index is 11.3. The Balaban J connectivity index is 1.08. The van der Waals surface area contributed by atoms with E-state index >= 15 is 0 Å². The molecule has 7 rings (SSSR count). The van der Waals surface area contributed by atoms with Gasteiger partial charge < -0.3 is 24.4 Å². The van der Waals surface area contributed by atoms with Crippen molar-refractivity contribution in [3.8, 4) is 23.0 Å². The van der Waals surface area contributed by atoms with E-state index in [1.165, 1.54) is 5.69 Å². The molecule has 0 aliphatic carbocycles. The molecule has 0 saturated carbocycles. The van der Waals surface area contributed by atoms with Crippen LogP contribution in [0.3, 0.4) is 0 Å². The maximum absolute atomic E-state index is 11.3. The van der Waals surface area contributed by atoms with Crippen molar-refractivity contribution in [3.05, 3.63) is 102 Å². The van der Waals surface area contributed by atoms with Gasteiger partial charge in [-0.3, -0.25) is 9.58 Å². The highest BCUT2D eigenvalue weighted by Crippen LogP contribution is 2.37. The fraction of sp³-hybridized carbons (Fsp3) is 0.359. The minimum atomic E-state index is -0.798. The van der Waals surface area contributed by atoms with Crippen molar-refractivity contribution >= 4 is 22.7 Å². The maximum Gasteiger partial charge on any atom is 0.407 e. The summed E-state index contributed by atoms with van der Waals surface area (Å²) < 4.78 is 14.4. The van der Waals surface area contributed by atoms with Crippen molar-refractivity contribution in [1.82, 2.24) is 24.6 Å². The summed E-state index contributed by atoms with van der Waals surface area (Å²) in [7, 11) is 1.99. The van der Waals surface area contributed by atoms with Crippen LogP contribution in [-0.4, -0.2) is 81.1 Å². The van der Waals surface area contributed by atoms with Crippen LogP contribution in [0.15, 0.2) is 91.0 Å². The molecule has 0 spiro atoms. The van der Waals surface area contributed by atoms with Crippen molar-refractivity contribution < 1.29 is 19.4 Å². The number of ether oxygens (including phenoxy) is 2. The van der Waals surface area contributed by atoms with Crippen molar-refractivity contribution in [2.75, 3.05) is 44.2 Å². The fourth-order valence-corrected chi connectivity index (χ4v) is 7.03. The quantitative estimate of drug-likeness (QED) is 0.177. The Morgan fingerprint density at radius 1 is 0.857 bits per heavy atom. The number of hydrogen-bond acceptors (Lipinski definition) is 7. The van der Waals surface area contributed by atoms with E-state index in [1.54, 1.807) is 4.90 Å². The Morgan fingerprint density at radius 3 is 2.22 bits per heavy atom. The third-order valence-electron chi connectivity index (χ3n) is 9.88. The first kappa shape index (κ1) is 32.5. The summed E-state index contributed by atoms with van der Waals surface area (Å²) >= 11 is 0. The molecule has 1 amide bonds. The first-order valence-corrected chi connectivity index (χ1v) is 17.2. The predicted octanol–water partition coefficient (Wildman–Crippen LogP) is 6.69. The topological polar surface area (TPSA) is 96.2 Å². The largest absolute Gasteiger partial charge is 0.473 e. The SMILES string of the molecule is C[C@H]1CN(c2ccc3c(-c4ccc(OCc5ccccc5)nc4OCc4ccccc4)nn(C)c3c2)CCN1CC1CCN(C(=O)O)CC1. The number of benzene rings is 3. The highest BCUT2D eigenvalue weighted by Gasteiger charge is 2.29. The van der Waals surface area contributed by atoms with Crippen LogP contribution in [0.1, 0.15) is 30.9 Å². The van der Waals surface area contributed by atoms with E-state index in [4.69, 9.17) is 19.6 Å². The molecule has 2 fully saturated rings. The van der Waals surface area contributed by atoms with Crippen LogP contribution in [0.5, 0.6) is 11.8 Å². The number of carbonyl (C=O) groups is 1. The monoisotopic (exact) mass is 660 g/mol. The molecule has 1 atom stereocenters. The normalized spacial score (nSPS) is 17.4. The number of hydrogen-bond donors (Lipinski definition) is 1. The lowest BCUT2D eigenvalue weighted by atomic mass is 9.95. The predicted molar refractivity (Wildman–Crippen MR) is 191 cm³/mol. The molecule has 2 aliphatic heterocycles. The van der Waals surface area contributed by atoms with Gasteiger partial charge >= 0.3 is 6.09 Å². The number of fused-ring (bicyclic) bond motifs is 1. The number of likely N-dealkylation sites (tertiary alicyclic amines) is 1. The van der Waals surface area contributed by atoms with Gasteiger partial charge in [0, 0.05) is 69.5 Å². The first-order valence-electron chi connectivity index (χ1n) is 17.2. The summed E-state index contributed by atoms with van der Waals surface area (Å²) in [6, 6.07) is 31.0. The van der Waals surface area contributed by atoms with Crippen LogP contribution < -0.4 is 14.4 Å². The summed E-state index contributed by atoms with van der Waals surface area (Å²) in [4.78, 5) is 22.7. The van der Waals surface area contributed by atoms with Gasteiger partial charge in [0.25, 0.3) is 0 Å². The fourth-order valence-electron chi connectivity index (χ4n) is 7.03. The minimum Gasteiger partial charge on any atom is -0.473 e. The number of aryl methyl sites for hydroxylation is 1. The Labute approximate surface area is 287 Å². The molecule has 4 heterocycles. The van der Waals surface area contributed by atoms with E-state index in [9.17, 15) is 9.90 Å². The number of nitrogens with zero attached hydrogens (tertiary/aromatic N) is 6. The molecule has 2 aromatic heterocycles. The van der Waals surface area contributed by atoms with Crippen LogP contribution >= 0.6 is 0 Å². The van der Waals surface area contributed by atoms with Crippen LogP contribution in [-0.2, 0) is 20.3 Å². The van der Waals surface area contributed by atoms with E-state index in [0.29, 0.717) is 50.0 Å². The molecule has 2 saturated heterocycles. The Hall–Kier alpha value is -5.09. The number of aromatic nitrogens is 3. The number of anilines is 1. The van der Waals surface area contributed by atoms with Gasteiger partial charge in [-0.1, -0.05) is 60.7 Å². The second-order valence-corrected chi connectivity index (χ2v) is 13.2. The standard InChI is InChI=1S/C39H44N6O4/c1-28-24-45(22-21-44(28)25-29-17-19-43(20-18-29)39(46)47)32-13-14-33-35(23-32)42(2)41-37(33)34-15-16-36(48-26-30-9-5-3-6-10-30)40-38(34)49-27-31-11-7-4-8-12-31/h3-16,23,28-29H,17-22,24-27H2,1-2H3,(H,46,47)/t28-/m0/s1. The van der Waals surface area contributed by atoms with Crippen LogP contribution in [0.4, 0.5) is 10.5 Å². The summed E-state index contributed by atoms with van der Waals surface area (Å²) in [6.07, 6.45) is 1.08. The molecule has 0 unspecified atom stereocenters. The van der Waals surface area contributed by atoms with Gasteiger partial charge in [-0.2, -0.15) is 10.1 Å². The molecule has 2 aliphatic rings. The van der Waals surface area contributed by atoms with Crippen molar-refractivity contribution in [1.29, 1.82) is 0 Å². The van der Waals surface area contributed by atoms with Crippen LogP contribution in [0.25, 0.3) is 22.2 Å². The van der Waals surface area contributed by atoms with Gasteiger partial charge in [-0.05, 0) is 61.1 Å². The molecule has 49 heavy (non-hydrogen) atoms. The van der Waals surface area contributed by atoms with Gasteiger partial charge in [0.1, 0.15) is 18.9 Å². The summed E-state index contributed by atoms with van der Waals surface area (Å²) in [5, 5.41) is 15.3. The number of rotatable bonds is 10. The van der Waals surface area contributed by atoms with Gasteiger partial charge in [0.15, 0.2) is 0 Å². The highest BCUT2D eigenvalue weighted by molar-refractivity contribution is 5.96. The molecular formula is C39H44N6O4. The summed E-state index contributed by atoms with van der Waals surface area (Å²) in [6.45, 7) is 8.29. The lowest BCUT2D eigenvalue weighted by Crippen LogP contribution is -2.54. The highest BCUT2D eigenvalue weighted by atomic mass is 16.5. The second kappa shape index (κ2) is 14.6. The smallest absolute Gasteiger partial charge is 0.407 e. The van der Waals surface area contributed by atoms with Crippen LogP contribution in [0.2, 0.25) is 0 Å². The first-order chi connectivity index (χ1) is 23.9. The number of carboxylic acid groups (broad SMARTS) is 1. The van der Waals surface area contributed by atoms with Crippen LogP contribution in [0, 0.1) is 5.92 Å². The molecule has 1 N–H and O–H groups in total. The Bertz CT molecular complexity index is 1870. The molecule has 10 heteroatoms.